The van der Waals surface area contributed by atoms with Gasteiger partial charge in [0.2, 0.25) is 4.90 Å². The molecule has 1 saturated heterocycles. The molecule has 0 bridgehead atoms. The van der Waals surface area contributed by atoms with Crippen LogP contribution in [0, 0.1) is 11.6 Å². The maximum atomic E-state index is 14.5. The van der Waals surface area contributed by atoms with Crippen LogP contribution in [-0.2, 0) is 14.6 Å². The number of hydrogen-bond donors (Lipinski definition) is 2. The molecule has 210 valence electrons. The van der Waals surface area contributed by atoms with Gasteiger partial charge in [-0.25, -0.2) is 8.78 Å². The Labute approximate surface area is 237 Å². The summed E-state index contributed by atoms with van der Waals surface area (Å²) in [6, 6.07) is 15.1. The van der Waals surface area contributed by atoms with E-state index in [1.54, 1.807) is 18.2 Å². The number of furan rings is 1. The Kier molecular flexibility index (Phi) is 8.01. The molecular weight excluding hydrogens is 556 g/mol. The number of rotatable bonds is 7. The monoisotopic (exact) mass is 586 g/mol. The lowest BCUT2D eigenvalue weighted by Gasteiger charge is -2.32. The van der Waals surface area contributed by atoms with Gasteiger partial charge in [-0.15, -0.1) is 0 Å². The Bertz CT molecular complexity index is 1610. The van der Waals surface area contributed by atoms with Crippen LogP contribution in [0.2, 0.25) is 0 Å². The van der Waals surface area contributed by atoms with E-state index in [0.717, 1.165) is 17.7 Å². The maximum Gasteiger partial charge on any atom is 0.328 e. The quantitative estimate of drug-likeness (QED) is 0.188. The van der Waals surface area contributed by atoms with E-state index in [1.807, 2.05) is 29.7 Å². The van der Waals surface area contributed by atoms with Crippen LogP contribution in [0.1, 0.15) is 34.7 Å². The van der Waals surface area contributed by atoms with Crippen molar-refractivity contribution < 1.29 is 26.8 Å². The van der Waals surface area contributed by atoms with Crippen LogP contribution in [0.15, 0.2) is 70.0 Å². The topological polar surface area (TPSA) is 86.0 Å². The molecule has 0 spiro atoms. The Morgan fingerprint density at radius 3 is 2.58 bits per heavy atom. The van der Waals surface area contributed by atoms with Crippen LogP contribution in [0.3, 0.4) is 0 Å². The van der Waals surface area contributed by atoms with Crippen molar-refractivity contribution in [2.24, 2.45) is 0 Å². The number of halogens is 2. The van der Waals surface area contributed by atoms with E-state index in [0.29, 0.717) is 40.8 Å². The number of hydrogen-bond acceptors (Lipinski definition) is 5. The third-order valence-electron chi connectivity index (χ3n) is 7.31. The van der Waals surface area contributed by atoms with Crippen LogP contribution in [0.25, 0.3) is 22.3 Å². The summed E-state index contributed by atoms with van der Waals surface area (Å²) < 4.78 is 62.4. The third-order valence-corrected chi connectivity index (χ3v) is 9.99. The van der Waals surface area contributed by atoms with Gasteiger partial charge in [-0.3, -0.25) is 4.79 Å². The Hall–Kier alpha value is -3.25. The van der Waals surface area contributed by atoms with Gasteiger partial charge in [0, 0.05) is 55.9 Å². The van der Waals surface area contributed by atoms with Crippen molar-refractivity contribution >= 4 is 44.9 Å². The molecule has 40 heavy (non-hydrogen) atoms. The van der Waals surface area contributed by atoms with Crippen molar-refractivity contribution in [1.29, 1.82) is 0 Å². The number of piperidine rings is 1. The van der Waals surface area contributed by atoms with Crippen molar-refractivity contribution in [3.63, 3.8) is 0 Å². The average molecular weight is 587 g/mol. The highest BCUT2D eigenvalue weighted by molar-refractivity contribution is 7.99. The lowest BCUT2D eigenvalue weighted by molar-refractivity contribution is 0.0964. The molecule has 1 aliphatic heterocycles. The fraction of sp³-hybridized carbons (Fsp3) is 0.276. The first-order valence-corrected chi connectivity index (χ1v) is 15.4. The smallest absolute Gasteiger partial charge is 0.328 e. The largest absolute Gasteiger partial charge is 0.455 e. The molecule has 2 heterocycles. The van der Waals surface area contributed by atoms with Gasteiger partial charge in [0.05, 0.1) is 17.8 Å². The number of carbonyl (C=O) groups is 1. The van der Waals surface area contributed by atoms with Crippen LogP contribution in [0.4, 0.5) is 14.5 Å². The molecule has 11 heteroatoms. The number of fused-ring (bicyclic) bond motifs is 1. The van der Waals surface area contributed by atoms with E-state index >= 15 is 0 Å². The molecule has 1 aromatic heterocycles. The van der Waals surface area contributed by atoms with Gasteiger partial charge in [-0.1, -0.05) is 28.4 Å². The van der Waals surface area contributed by atoms with Crippen LogP contribution >= 0.6 is 11.9 Å². The van der Waals surface area contributed by atoms with Crippen LogP contribution in [-0.4, -0.2) is 48.2 Å². The minimum atomic E-state index is -3.80. The highest BCUT2D eigenvalue weighted by Gasteiger charge is 2.44. The highest BCUT2D eigenvalue weighted by atomic mass is 32.3. The molecule has 5 rings (SSSR count). The summed E-state index contributed by atoms with van der Waals surface area (Å²) in [6.07, 6.45) is 3.30. The van der Waals surface area contributed by atoms with E-state index < -0.39 is 22.0 Å². The van der Waals surface area contributed by atoms with Gasteiger partial charge in [0.25, 0.3) is 5.91 Å². The minimum Gasteiger partial charge on any atom is -0.455 e. The highest BCUT2D eigenvalue weighted by Crippen LogP contribution is 2.43. The Morgan fingerprint density at radius 2 is 1.90 bits per heavy atom. The Balaban J connectivity index is 1.63. The normalized spacial score (nSPS) is 17.5. The number of anilines is 1. The summed E-state index contributed by atoms with van der Waals surface area (Å²) in [5.41, 5.74) is 3.10. The molecule has 7 nitrogen and oxygen atoms in total. The van der Waals surface area contributed by atoms with E-state index in [-0.39, 0.29) is 23.3 Å². The standard InChI is InChI=1S/C29H29F2N3O4S2/c1-32-29(35)27-22-15-21(19-7-6-14-34(17-19)40(36,37)26-9-5-4-8-23(26)31)24(33(2)39-3)16-25(22)38-28(27)18-10-12-20(30)13-11-18/h4-5,8-13,15-16,19H,6-7,14,17H2,1-3H3,(H-,32,35,36,37)/p+1/t19-/m0/s1. The van der Waals surface area contributed by atoms with Gasteiger partial charge in [0.15, 0.2) is 5.82 Å². The SMILES string of the molecule is CNC(=O)c1c(-c2ccc(F)cc2)oc2cc(N(C)SC)c([C@H]3CCCN([S+](=O)(O)c4ccccc4F)C3)cc12. The lowest BCUT2D eigenvalue weighted by Crippen LogP contribution is -2.43. The molecule has 0 radical (unpaired) electrons. The minimum absolute atomic E-state index is 0.177. The number of amides is 1. The summed E-state index contributed by atoms with van der Waals surface area (Å²) in [6.45, 7) is 0.572. The van der Waals surface area contributed by atoms with Gasteiger partial charge in [-0.05, 0) is 59.0 Å². The molecule has 0 aliphatic carbocycles. The molecule has 1 amide bonds. The lowest BCUT2D eigenvalue weighted by atomic mass is 9.89. The molecule has 0 saturated carbocycles. The third kappa shape index (κ3) is 5.14. The maximum absolute atomic E-state index is 14.5. The summed E-state index contributed by atoms with van der Waals surface area (Å²) in [5, 5.41) is 3.26. The van der Waals surface area contributed by atoms with Crippen LogP contribution in [0.5, 0.6) is 0 Å². The van der Waals surface area contributed by atoms with Gasteiger partial charge in [-0.2, -0.15) is 4.55 Å². The second-order valence-electron chi connectivity index (χ2n) is 9.63. The second-order valence-corrected chi connectivity index (χ2v) is 12.5. The van der Waals surface area contributed by atoms with E-state index in [1.165, 1.54) is 53.6 Å². The molecule has 4 aromatic rings. The fourth-order valence-corrected chi connectivity index (χ4v) is 7.19. The Morgan fingerprint density at radius 1 is 1.18 bits per heavy atom. The van der Waals surface area contributed by atoms with Gasteiger partial charge in [0.1, 0.15) is 17.2 Å². The summed E-state index contributed by atoms with van der Waals surface area (Å²) >= 11 is 1.49. The fourth-order valence-electron chi connectivity index (χ4n) is 5.22. The first-order valence-electron chi connectivity index (χ1n) is 12.8. The summed E-state index contributed by atoms with van der Waals surface area (Å²) in [7, 11) is -0.355. The van der Waals surface area contributed by atoms with Crippen LogP contribution < -0.4 is 9.62 Å². The summed E-state index contributed by atoms with van der Waals surface area (Å²) in [5.74, 6) is -1.32. The van der Waals surface area contributed by atoms with E-state index in [4.69, 9.17) is 4.42 Å². The van der Waals surface area contributed by atoms with Crippen molar-refractivity contribution in [3.8, 4) is 11.3 Å². The van der Waals surface area contributed by atoms with Crippen molar-refractivity contribution in [2.75, 3.05) is 37.7 Å². The van der Waals surface area contributed by atoms with Gasteiger partial charge < -0.3 is 14.0 Å². The van der Waals surface area contributed by atoms with Crippen molar-refractivity contribution in [1.82, 2.24) is 9.62 Å². The molecule has 1 fully saturated rings. The zero-order valence-electron chi connectivity index (χ0n) is 22.3. The average Bonchev–Trinajstić information content (AvgIpc) is 3.34. The first-order chi connectivity index (χ1) is 19.1. The number of carbonyl (C=O) groups excluding carboxylic acids is 1. The van der Waals surface area contributed by atoms with Crippen molar-refractivity contribution in [2.45, 2.75) is 23.7 Å². The summed E-state index contributed by atoms with van der Waals surface area (Å²) in [4.78, 5) is 12.9. The zero-order valence-corrected chi connectivity index (χ0v) is 24.0. The molecule has 3 aromatic carbocycles. The van der Waals surface area contributed by atoms with E-state index in [2.05, 4.69) is 5.32 Å². The molecule has 2 atom stereocenters. The molecule has 2 N–H and O–H groups in total. The molecule has 1 aliphatic rings. The zero-order chi connectivity index (χ0) is 28.6. The van der Waals surface area contributed by atoms with Gasteiger partial charge >= 0.3 is 10.4 Å². The second kappa shape index (κ2) is 11.3. The number of nitrogens with one attached hydrogen (secondary N) is 1. The number of benzene rings is 3. The molecular formula is C29H30F2N3O4S2+. The number of nitrogens with zero attached hydrogens (tertiary/aromatic N) is 2. The van der Waals surface area contributed by atoms with E-state index in [9.17, 15) is 22.3 Å². The first kappa shape index (κ1) is 28.3. The predicted molar refractivity (Wildman–Crippen MR) is 156 cm³/mol. The van der Waals surface area contributed by atoms with Crippen molar-refractivity contribution in [3.05, 3.63) is 83.4 Å². The molecule has 1 unspecified atom stereocenters. The predicted octanol–water partition coefficient (Wildman–Crippen LogP) is 6.58.